The van der Waals surface area contributed by atoms with Crippen LogP contribution in [0.3, 0.4) is 0 Å². The number of aromatic nitrogens is 2. The fourth-order valence-electron chi connectivity index (χ4n) is 4.59. The van der Waals surface area contributed by atoms with Crippen LogP contribution in [0.2, 0.25) is 5.02 Å². The number of rotatable bonds is 4. The first kappa shape index (κ1) is 23.7. The Hall–Kier alpha value is -3.01. The Labute approximate surface area is 200 Å². The molecular formula is C24H18ClF6N3O. The number of aryl methyl sites for hydroxylation is 1. The standard InChI is InChI=1S/C24H18ClF6N3O/c1-11-9-16-20(23(27,28)22(16,26)24(29,30)31)12(2)19(11)18-7-8-34(33-18)14-5-6-17(25)15(10-14)21(35)32-13-3-4-13/h5-10,13H,3-4H2,1-2H3,(H,32,35). The summed E-state index contributed by atoms with van der Waals surface area (Å²) >= 11 is 6.17. The van der Waals surface area contributed by atoms with Crippen molar-refractivity contribution in [2.75, 3.05) is 0 Å². The molecule has 0 aliphatic heterocycles. The molecule has 0 radical (unpaired) electrons. The molecule has 3 aromatic rings. The highest BCUT2D eigenvalue weighted by molar-refractivity contribution is 6.33. The van der Waals surface area contributed by atoms with Crippen LogP contribution in [0.4, 0.5) is 26.3 Å². The number of alkyl halides is 6. The molecule has 11 heteroatoms. The molecule has 2 aliphatic carbocycles. The molecule has 1 saturated carbocycles. The van der Waals surface area contributed by atoms with Gasteiger partial charge < -0.3 is 5.32 Å². The second kappa shape index (κ2) is 7.49. The predicted molar refractivity (Wildman–Crippen MR) is 117 cm³/mol. The average Bonchev–Trinajstić information content (AvgIpc) is 3.45. The van der Waals surface area contributed by atoms with Crippen LogP contribution in [0.15, 0.2) is 36.5 Å². The topological polar surface area (TPSA) is 46.9 Å². The van der Waals surface area contributed by atoms with Gasteiger partial charge in [0.25, 0.3) is 11.6 Å². The monoisotopic (exact) mass is 513 g/mol. The zero-order valence-corrected chi connectivity index (χ0v) is 19.2. The molecule has 1 amide bonds. The smallest absolute Gasteiger partial charge is 0.349 e. The van der Waals surface area contributed by atoms with Gasteiger partial charge in [0.1, 0.15) is 0 Å². The van der Waals surface area contributed by atoms with Gasteiger partial charge in [-0.1, -0.05) is 17.7 Å². The van der Waals surface area contributed by atoms with E-state index < -0.39 is 28.9 Å². The first-order chi connectivity index (χ1) is 16.3. The molecule has 1 heterocycles. The summed E-state index contributed by atoms with van der Waals surface area (Å²) in [7, 11) is 0. The third kappa shape index (κ3) is 3.36. The van der Waals surface area contributed by atoms with E-state index in [1.807, 2.05) is 0 Å². The van der Waals surface area contributed by atoms with Gasteiger partial charge in [-0.25, -0.2) is 9.07 Å². The Balaban J connectivity index is 1.54. The third-order valence-electron chi connectivity index (χ3n) is 6.50. The number of hydrogen-bond donors (Lipinski definition) is 1. The van der Waals surface area contributed by atoms with E-state index in [0.717, 1.165) is 18.9 Å². The highest BCUT2D eigenvalue weighted by atomic mass is 35.5. The third-order valence-corrected chi connectivity index (χ3v) is 6.83. The zero-order valence-electron chi connectivity index (χ0n) is 18.4. The van der Waals surface area contributed by atoms with Crippen molar-refractivity contribution in [3.05, 3.63) is 69.4 Å². The summed E-state index contributed by atoms with van der Waals surface area (Å²) in [5.41, 5.74) is -5.67. The Kier molecular flexibility index (Phi) is 5.08. The zero-order chi connectivity index (χ0) is 25.5. The molecule has 184 valence electrons. The van der Waals surface area contributed by atoms with E-state index in [0.29, 0.717) is 5.69 Å². The first-order valence-corrected chi connectivity index (χ1v) is 11.1. The Bertz CT molecular complexity index is 1380. The highest BCUT2D eigenvalue weighted by Gasteiger charge is 2.80. The van der Waals surface area contributed by atoms with Crippen molar-refractivity contribution in [2.45, 2.75) is 50.5 Å². The summed E-state index contributed by atoms with van der Waals surface area (Å²) in [5.74, 6) is -5.06. The van der Waals surface area contributed by atoms with Gasteiger partial charge in [-0.3, -0.25) is 4.79 Å². The fraction of sp³-hybridized carbons (Fsp3) is 0.333. The molecule has 0 saturated heterocycles. The lowest BCUT2D eigenvalue weighted by atomic mass is 9.66. The quantitative estimate of drug-likeness (QED) is 0.403. The average molecular weight is 514 g/mol. The number of hydrogen-bond acceptors (Lipinski definition) is 2. The normalized spacial score (nSPS) is 20.8. The number of nitrogens with zero attached hydrogens (tertiary/aromatic N) is 2. The molecule has 2 aliphatic rings. The minimum Gasteiger partial charge on any atom is -0.349 e. The number of halogens is 7. The number of fused-ring (bicyclic) bond motifs is 1. The van der Waals surface area contributed by atoms with E-state index in [1.165, 1.54) is 42.9 Å². The van der Waals surface area contributed by atoms with Crippen LogP contribution < -0.4 is 5.32 Å². The summed E-state index contributed by atoms with van der Waals surface area (Å²) in [6.45, 7) is 2.64. The Morgan fingerprint density at radius 3 is 2.46 bits per heavy atom. The van der Waals surface area contributed by atoms with Crippen molar-refractivity contribution in [1.82, 2.24) is 15.1 Å². The van der Waals surface area contributed by atoms with Crippen LogP contribution in [0.1, 0.15) is 45.5 Å². The van der Waals surface area contributed by atoms with E-state index in [4.69, 9.17) is 11.6 Å². The van der Waals surface area contributed by atoms with Crippen LogP contribution in [0.5, 0.6) is 0 Å². The molecule has 0 spiro atoms. The molecule has 35 heavy (non-hydrogen) atoms. The number of nitrogens with one attached hydrogen (secondary N) is 1. The minimum atomic E-state index is -5.76. The van der Waals surface area contributed by atoms with Crippen molar-refractivity contribution in [1.29, 1.82) is 0 Å². The second-order valence-corrected chi connectivity index (χ2v) is 9.31. The van der Waals surface area contributed by atoms with Crippen LogP contribution in [-0.2, 0) is 11.6 Å². The van der Waals surface area contributed by atoms with Crippen molar-refractivity contribution in [3.63, 3.8) is 0 Å². The molecule has 1 unspecified atom stereocenters. The number of benzene rings is 2. The molecule has 1 N–H and O–H groups in total. The van der Waals surface area contributed by atoms with Crippen molar-refractivity contribution >= 4 is 17.5 Å². The summed E-state index contributed by atoms with van der Waals surface area (Å²) in [6.07, 6.45) is -2.44. The van der Waals surface area contributed by atoms with E-state index in [2.05, 4.69) is 10.4 Å². The maximum Gasteiger partial charge on any atom is 0.433 e. The van der Waals surface area contributed by atoms with Gasteiger partial charge in [0.2, 0.25) is 0 Å². The summed E-state index contributed by atoms with van der Waals surface area (Å²) in [5, 5.41) is 7.47. The highest BCUT2D eigenvalue weighted by Crippen LogP contribution is 2.67. The lowest BCUT2D eigenvalue weighted by molar-refractivity contribution is -0.333. The van der Waals surface area contributed by atoms with Gasteiger partial charge in [-0.05, 0) is 62.1 Å². The van der Waals surface area contributed by atoms with Crippen LogP contribution in [0.25, 0.3) is 16.9 Å². The van der Waals surface area contributed by atoms with Crippen LogP contribution >= 0.6 is 11.6 Å². The lowest BCUT2D eigenvalue weighted by Crippen LogP contribution is -2.59. The van der Waals surface area contributed by atoms with Crippen molar-refractivity contribution < 1.29 is 31.1 Å². The molecule has 1 fully saturated rings. The van der Waals surface area contributed by atoms with Gasteiger partial charge in [-0.15, -0.1) is 0 Å². The summed E-state index contributed by atoms with van der Waals surface area (Å²) in [4.78, 5) is 12.5. The van der Waals surface area contributed by atoms with Gasteiger partial charge >= 0.3 is 12.1 Å². The van der Waals surface area contributed by atoms with E-state index >= 15 is 0 Å². The van der Waals surface area contributed by atoms with Gasteiger partial charge in [0.05, 0.1) is 22.0 Å². The predicted octanol–water partition coefficient (Wildman–Crippen LogP) is 6.53. The number of carbonyl (C=O) groups excluding carboxylic acids is 1. The Morgan fingerprint density at radius 1 is 1.14 bits per heavy atom. The van der Waals surface area contributed by atoms with Crippen molar-refractivity contribution in [3.8, 4) is 16.9 Å². The molecule has 0 bridgehead atoms. The van der Waals surface area contributed by atoms with Gasteiger partial charge in [0.15, 0.2) is 0 Å². The number of carbonyl (C=O) groups is 1. The minimum absolute atomic E-state index is 0.124. The summed E-state index contributed by atoms with van der Waals surface area (Å²) < 4.78 is 84.7. The van der Waals surface area contributed by atoms with E-state index in [1.54, 1.807) is 6.07 Å². The molecule has 1 aromatic heterocycles. The number of amides is 1. The molecule has 4 nitrogen and oxygen atoms in total. The van der Waals surface area contributed by atoms with E-state index in [-0.39, 0.29) is 44.9 Å². The molecular weight excluding hydrogens is 496 g/mol. The molecule has 1 atom stereocenters. The molecule has 5 rings (SSSR count). The largest absolute Gasteiger partial charge is 0.433 e. The SMILES string of the molecule is Cc1cc2c(c(C)c1-c1ccn(-c3ccc(Cl)c(C(=O)NC4CC4)c3)n1)C(F)(F)C2(F)C(F)(F)F. The van der Waals surface area contributed by atoms with Crippen LogP contribution in [-0.4, -0.2) is 27.9 Å². The fourth-order valence-corrected chi connectivity index (χ4v) is 4.79. The van der Waals surface area contributed by atoms with Crippen molar-refractivity contribution in [2.24, 2.45) is 0 Å². The Morgan fingerprint density at radius 2 is 1.83 bits per heavy atom. The van der Waals surface area contributed by atoms with Gasteiger partial charge in [0, 0.05) is 28.9 Å². The molecule has 2 aromatic carbocycles. The van der Waals surface area contributed by atoms with Crippen LogP contribution in [0, 0.1) is 13.8 Å². The maximum absolute atomic E-state index is 14.6. The van der Waals surface area contributed by atoms with E-state index in [9.17, 15) is 31.1 Å². The maximum atomic E-state index is 14.6. The van der Waals surface area contributed by atoms with Gasteiger partial charge in [-0.2, -0.15) is 27.1 Å². The second-order valence-electron chi connectivity index (χ2n) is 8.90. The first-order valence-electron chi connectivity index (χ1n) is 10.7. The summed E-state index contributed by atoms with van der Waals surface area (Å²) in [6, 6.07) is 7.11. The lowest BCUT2D eigenvalue weighted by Gasteiger charge is -2.46.